The van der Waals surface area contributed by atoms with Gasteiger partial charge in [-0.25, -0.2) is 4.39 Å². The van der Waals surface area contributed by atoms with E-state index in [1.165, 1.54) is 16.2 Å². The summed E-state index contributed by atoms with van der Waals surface area (Å²) in [4.78, 5) is 1.11. The largest absolute Gasteiger partial charge is 0.271 e. The number of thiophene rings is 1. The maximum absolute atomic E-state index is 14.0. The van der Waals surface area contributed by atoms with Gasteiger partial charge in [-0.2, -0.15) is 0 Å². The van der Waals surface area contributed by atoms with Crippen molar-refractivity contribution >= 4 is 37.4 Å². The van der Waals surface area contributed by atoms with Crippen molar-refractivity contribution in [2.75, 3.05) is 0 Å². The molecule has 0 saturated heterocycles. The molecule has 2 aromatic carbocycles. The van der Waals surface area contributed by atoms with Gasteiger partial charge in [0, 0.05) is 14.0 Å². The van der Waals surface area contributed by atoms with Crippen molar-refractivity contribution in [3.8, 4) is 0 Å². The fraction of sp³-hybridized carbons (Fsp3) is 0.125. The van der Waals surface area contributed by atoms with Gasteiger partial charge in [-0.3, -0.25) is 11.3 Å². The number of rotatable bonds is 4. The molecule has 0 aliphatic rings. The molecule has 0 radical (unpaired) electrons. The zero-order valence-corrected chi connectivity index (χ0v) is 13.5. The Hall–Kier alpha value is -1.27. The molecule has 1 aromatic heterocycles. The minimum Gasteiger partial charge on any atom is -0.271 e. The average molecular weight is 365 g/mol. The van der Waals surface area contributed by atoms with Crippen molar-refractivity contribution < 1.29 is 4.39 Å². The second kappa shape index (κ2) is 6.23. The molecule has 0 spiro atoms. The molecule has 0 aliphatic carbocycles. The van der Waals surface area contributed by atoms with E-state index in [4.69, 9.17) is 5.84 Å². The smallest absolute Gasteiger partial charge is 0.127 e. The van der Waals surface area contributed by atoms with E-state index >= 15 is 0 Å². The molecule has 0 aliphatic heterocycles. The van der Waals surface area contributed by atoms with Crippen molar-refractivity contribution in [2.45, 2.75) is 12.5 Å². The molecule has 5 heteroatoms. The molecule has 3 rings (SSSR count). The number of hydrogen-bond acceptors (Lipinski definition) is 3. The first-order valence-electron chi connectivity index (χ1n) is 6.56. The summed E-state index contributed by atoms with van der Waals surface area (Å²) in [6.45, 7) is 0. The number of nitrogens with one attached hydrogen (secondary N) is 1. The van der Waals surface area contributed by atoms with Crippen LogP contribution in [0.2, 0.25) is 0 Å². The summed E-state index contributed by atoms with van der Waals surface area (Å²) < 4.78 is 15.9. The third kappa shape index (κ3) is 3.16. The maximum atomic E-state index is 14.0. The van der Waals surface area contributed by atoms with E-state index in [-0.39, 0.29) is 11.9 Å². The molecule has 0 amide bonds. The van der Waals surface area contributed by atoms with Crippen LogP contribution in [-0.2, 0) is 6.42 Å². The highest BCUT2D eigenvalue weighted by Gasteiger charge is 2.16. The van der Waals surface area contributed by atoms with Crippen LogP contribution in [0.3, 0.4) is 0 Å². The topological polar surface area (TPSA) is 38.0 Å². The molecule has 1 unspecified atom stereocenters. The summed E-state index contributed by atoms with van der Waals surface area (Å²) in [5.41, 5.74) is 3.45. The van der Waals surface area contributed by atoms with Gasteiger partial charge in [-0.15, -0.1) is 11.3 Å². The fourth-order valence-electron chi connectivity index (χ4n) is 2.32. The predicted octanol–water partition coefficient (Wildman–Crippen LogP) is 4.55. The maximum Gasteiger partial charge on any atom is 0.127 e. The van der Waals surface area contributed by atoms with Crippen LogP contribution < -0.4 is 11.3 Å². The number of hydrogen-bond donors (Lipinski definition) is 2. The van der Waals surface area contributed by atoms with Gasteiger partial charge in [0.05, 0.1) is 6.04 Å². The van der Waals surface area contributed by atoms with Gasteiger partial charge >= 0.3 is 0 Å². The molecule has 1 heterocycles. The lowest BCUT2D eigenvalue weighted by molar-refractivity contribution is 0.535. The summed E-state index contributed by atoms with van der Waals surface area (Å²) in [6.07, 6.45) is 0.516. The highest BCUT2D eigenvalue weighted by Crippen LogP contribution is 2.31. The third-order valence-corrected chi connectivity index (χ3v) is 5.15. The first-order valence-corrected chi connectivity index (χ1v) is 8.17. The van der Waals surface area contributed by atoms with E-state index in [1.807, 2.05) is 18.2 Å². The number of nitrogens with two attached hydrogens (primary N) is 1. The Morgan fingerprint density at radius 2 is 2.00 bits per heavy atom. The lowest BCUT2D eigenvalue weighted by Gasteiger charge is -2.14. The minimum atomic E-state index is -0.217. The van der Waals surface area contributed by atoms with Gasteiger partial charge in [-0.05, 0) is 41.6 Å². The number of hydrazine groups is 1. The third-order valence-electron chi connectivity index (χ3n) is 3.43. The molecule has 1 atom stereocenters. The van der Waals surface area contributed by atoms with Gasteiger partial charge in [0.1, 0.15) is 5.82 Å². The lowest BCUT2D eigenvalue weighted by atomic mass is 10.0. The van der Waals surface area contributed by atoms with Gasteiger partial charge in [0.25, 0.3) is 0 Å². The Morgan fingerprint density at radius 3 is 2.71 bits per heavy atom. The molecule has 2 nitrogen and oxygen atoms in total. The molecule has 0 bridgehead atoms. The standard InChI is InChI=1S/C16H14BrFN2S/c17-12-6-5-10(13(18)9-12)7-14(20-19)16-8-11-3-1-2-4-15(11)21-16/h1-6,8-9,14,20H,7,19H2. The second-order valence-electron chi connectivity index (χ2n) is 4.85. The van der Waals surface area contributed by atoms with Crippen LogP contribution in [0.5, 0.6) is 0 Å². The summed E-state index contributed by atoms with van der Waals surface area (Å²) in [5.74, 6) is 5.46. The van der Waals surface area contributed by atoms with Crippen molar-refractivity contribution in [3.63, 3.8) is 0 Å². The highest BCUT2D eigenvalue weighted by molar-refractivity contribution is 9.10. The second-order valence-corrected chi connectivity index (χ2v) is 6.88. The van der Waals surface area contributed by atoms with E-state index in [2.05, 4.69) is 39.6 Å². The Morgan fingerprint density at radius 1 is 1.19 bits per heavy atom. The summed E-state index contributed by atoms with van der Waals surface area (Å²) in [6, 6.07) is 15.3. The SMILES string of the molecule is NNC(Cc1ccc(Br)cc1F)c1cc2ccccc2s1. The predicted molar refractivity (Wildman–Crippen MR) is 89.7 cm³/mol. The van der Waals surface area contributed by atoms with Gasteiger partial charge in [0.2, 0.25) is 0 Å². The quantitative estimate of drug-likeness (QED) is 0.526. The summed E-state index contributed by atoms with van der Waals surface area (Å²) in [5, 5.41) is 1.19. The molecule has 3 N–H and O–H groups in total. The zero-order chi connectivity index (χ0) is 14.8. The first-order chi connectivity index (χ1) is 10.2. The normalized spacial score (nSPS) is 12.7. The Balaban J connectivity index is 1.90. The van der Waals surface area contributed by atoms with Crippen LogP contribution in [0.25, 0.3) is 10.1 Å². The number of benzene rings is 2. The zero-order valence-electron chi connectivity index (χ0n) is 11.1. The fourth-order valence-corrected chi connectivity index (χ4v) is 3.78. The van der Waals surface area contributed by atoms with Crippen LogP contribution in [-0.4, -0.2) is 0 Å². The van der Waals surface area contributed by atoms with Gasteiger partial charge in [0.15, 0.2) is 0 Å². The Bertz CT molecular complexity index is 739. The number of fused-ring (bicyclic) bond motifs is 1. The van der Waals surface area contributed by atoms with Crippen LogP contribution >= 0.6 is 27.3 Å². The van der Waals surface area contributed by atoms with Crippen LogP contribution in [0.1, 0.15) is 16.5 Å². The van der Waals surface area contributed by atoms with E-state index in [0.29, 0.717) is 12.0 Å². The average Bonchev–Trinajstić information content (AvgIpc) is 2.90. The van der Waals surface area contributed by atoms with Crippen LogP contribution in [0, 0.1) is 5.82 Å². The Labute approximate surface area is 134 Å². The summed E-state index contributed by atoms with van der Waals surface area (Å²) >= 11 is 4.95. The van der Waals surface area contributed by atoms with Gasteiger partial charge in [-0.1, -0.05) is 40.2 Å². The Kier molecular flexibility index (Phi) is 4.35. The van der Waals surface area contributed by atoms with Gasteiger partial charge < -0.3 is 0 Å². The summed E-state index contributed by atoms with van der Waals surface area (Å²) in [7, 11) is 0. The highest BCUT2D eigenvalue weighted by atomic mass is 79.9. The van der Waals surface area contributed by atoms with E-state index < -0.39 is 0 Å². The molecular formula is C16H14BrFN2S. The molecule has 21 heavy (non-hydrogen) atoms. The number of halogens is 2. The lowest BCUT2D eigenvalue weighted by Crippen LogP contribution is -2.29. The minimum absolute atomic E-state index is 0.0990. The monoisotopic (exact) mass is 364 g/mol. The van der Waals surface area contributed by atoms with E-state index in [0.717, 1.165) is 9.35 Å². The van der Waals surface area contributed by atoms with Crippen LogP contribution in [0.15, 0.2) is 53.0 Å². The molecule has 3 aromatic rings. The van der Waals surface area contributed by atoms with E-state index in [1.54, 1.807) is 17.4 Å². The van der Waals surface area contributed by atoms with Crippen LogP contribution in [0.4, 0.5) is 4.39 Å². The molecule has 0 saturated carbocycles. The molecular weight excluding hydrogens is 351 g/mol. The van der Waals surface area contributed by atoms with Crippen molar-refractivity contribution in [1.82, 2.24) is 5.43 Å². The van der Waals surface area contributed by atoms with E-state index in [9.17, 15) is 4.39 Å². The van der Waals surface area contributed by atoms with Crippen molar-refractivity contribution in [1.29, 1.82) is 0 Å². The molecule has 108 valence electrons. The molecule has 0 fully saturated rings. The first kappa shape index (κ1) is 14.7. The van der Waals surface area contributed by atoms with Crippen molar-refractivity contribution in [2.24, 2.45) is 5.84 Å². The van der Waals surface area contributed by atoms with Crippen molar-refractivity contribution in [3.05, 3.63) is 69.3 Å².